The molecule has 0 spiro atoms. The van der Waals surface area contributed by atoms with Gasteiger partial charge < -0.3 is 10.1 Å². The highest BCUT2D eigenvalue weighted by Gasteiger charge is 2.05. The molecular formula is C12H12F2N2O2. The third-order valence-corrected chi connectivity index (χ3v) is 2.02. The van der Waals surface area contributed by atoms with Crippen molar-refractivity contribution >= 4 is 11.6 Å². The highest BCUT2D eigenvalue weighted by atomic mass is 19.3. The molecule has 1 N–H and O–H groups in total. The zero-order valence-corrected chi connectivity index (χ0v) is 9.53. The van der Waals surface area contributed by atoms with Gasteiger partial charge in [0.1, 0.15) is 6.61 Å². The van der Waals surface area contributed by atoms with Crippen molar-refractivity contribution in [1.29, 1.82) is 5.26 Å². The van der Waals surface area contributed by atoms with E-state index in [2.05, 4.69) is 10.1 Å². The van der Waals surface area contributed by atoms with E-state index in [0.29, 0.717) is 11.3 Å². The molecule has 0 heterocycles. The van der Waals surface area contributed by atoms with E-state index in [1.165, 1.54) is 0 Å². The fraction of sp³-hybridized carbons (Fsp3) is 0.333. The molecule has 0 aliphatic rings. The van der Waals surface area contributed by atoms with E-state index in [1.807, 2.05) is 6.07 Å². The van der Waals surface area contributed by atoms with Crippen molar-refractivity contribution in [2.45, 2.75) is 12.8 Å². The van der Waals surface area contributed by atoms with Crippen LogP contribution in [0.25, 0.3) is 0 Å². The maximum atomic E-state index is 11.7. The van der Waals surface area contributed by atoms with Gasteiger partial charge in [0.15, 0.2) is 0 Å². The van der Waals surface area contributed by atoms with Crippen LogP contribution in [0, 0.1) is 11.3 Å². The van der Waals surface area contributed by atoms with E-state index in [9.17, 15) is 13.6 Å². The lowest BCUT2D eigenvalue weighted by molar-refractivity contribution is -0.117. The number of nitrogens with one attached hydrogen (secondary N) is 1. The number of nitrogens with zero attached hydrogens (tertiary/aromatic N) is 1. The zero-order chi connectivity index (χ0) is 13.4. The quantitative estimate of drug-likeness (QED) is 0.791. The van der Waals surface area contributed by atoms with Crippen molar-refractivity contribution in [2.75, 3.05) is 18.5 Å². The molecule has 0 radical (unpaired) electrons. The van der Waals surface area contributed by atoms with Gasteiger partial charge in [0.05, 0.1) is 24.7 Å². The third-order valence-electron chi connectivity index (χ3n) is 2.02. The number of carbonyl (C=O) groups is 1. The number of ether oxygens (including phenoxy) is 1. The second kappa shape index (κ2) is 7.35. The van der Waals surface area contributed by atoms with Crippen molar-refractivity contribution in [1.82, 2.24) is 0 Å². The van der Waals surface area contributed by atoms with Crippen LogP contribution in [0.5, 0.6) is 0 Å². The van der Waals surface area contributed by atoms with E-state index in [1.54, 1.807) is 24.3 Å². The molecule has 0 fully saturated rings. The summed E-state index contributed by atoms with van der Waals surface area (Å²) in [5.41, 5.74) is 1.04. The standard InChI is InChI=1S/C12H12F2N2O2/c13-11(14)8-18-6-5-12(17)16-10-3-1-9(7-15)2-4-10/h1-4,11H,5-6,8H2,(H,16,17). The van der Waals surface area contributed by atoms with Crippen LogP contribution >= 0.6 is 0 Å². The number of nitriles is 1. The summed E-state index contributed by atoms with van der Waals surface area (Å²) in [6, 6.07) is 8.29. The smallest absolute Gasteiger partial charge is 0.261 e. The van der Waals surface area contributed by atoms with Crippen LogP contribution in [-0.4, -0.2) is 25.5 Å². The van der Waals surface area contributed by atoms with Gasteiger partial charge in [-0.1, -0.05) is 0 Å². The van der Waals surface area contributed by atoms with Gasteiger partial charge in [-0.25, -0.2) is 8.78 Å². The normalized spacial score (nSPS) is 10.1. The molecule has 0 bridgehead atoms. The molecule has 0 atom stereocenters. The van der Waals surface area contributed by atoms with Gasteiger partial charge in [0.2, 0.25) is 5.91 Å². The second-order valence-electron chi connectivity index (χ2n) is 3.45. The van der Waals surface area contributed by atoms with Crippen molar-refractivity contribution in [3.63, 3.8) is 0 Å². The van der Waals surface area contributed by atoms with E-state index in [0.717, 1.165) is 0 Å². The Bertz CT molecular complexity index is 427. The maximum Gasteiger partial charge on any atom is 0.261 e. The summed E-state index contributed by atoms with van der Waals surface area (Å²) in [5, 5.41) is 11.1. The third kappa shape index (κ3) is 5.37. The summed E-state index contributed by atoms with van der Waals surface area (Å²) in [5.74, 6) is -0.325. The molecule has 1 aromatic carbocycles. The first-order valence-electron chi connectivity index (χ1n) is 5.27. The van der Waals surface area contributed by atoms with E-state index >= 15 is 0 Å². The molecule has 0 aromatic heterocycles. The lowest BCUT2D eigenvalue weighted by atomic mass is 10.2. The van der Waals surface area contributed by atoms with Crippen LogP contribution in [0.3, 0.4) is 0 Å². The Kier molecular flexibility index (Phi) is 5.74. The number of hydrogen-bond acceptors (Lipinski definition) is 3. The largest absolute Gasteiger partial charge is 0.375 e. The lowest BCUT2D eigenvalue weighted by Gasteiger charge is -2.05. The fourth-order valence-corrected chi connectivity index (χ4v) is 1.19. The molecule has 6 heteroatoms. The number of hydrogen-bond donors (Lipinski definition) is 1. The summed E-state index contributed by atoms with van der Waals surface area (Å²) < 4.78 is 28.0. The van der Waals surface area contributed by atoms with Gasteiger partial charge in [-0.05, 0) is 24.3 Å². The van der Waals surface area contributed by atoms with Crippen molar-refractivity contribution in [3.05, 3.63) is 29.8 Å². The Hall–Kier alpha value is -2.00. The molecule has 1 rings (SSSR count). The minimum absolute atomic E-state index is 0.00667. The first-order chi connectivity index (χ1) is 8.61. The number of amides is 1. The summed E-state index contributed by atoms with van der Waals surface area (Å²) in [6.45, 7) is -0.712. The first-order valence-corrected chi connectivity index (χ1v) is 5.27. The average molecular weight is 254 g/mol. The zero-order valence-electron chi connectivity index (χ0n) is 9.53. The van der Waals surface area contributed by atoms with Crippen LogP contribution in [-0.2, 0) is 9.53 Å². The number of halogens is 2. The molecule has 96 valence electrons. The minimum Gasteiger partial charge on any atom is -0.375 e. The van der Waals surface area contributed by atoms with Crippen LogP contribution < -0.4 is 5.32 Å². The summed E-state index contributed by atoms with van der Waals surface area (Å²) in [4.78, 5) is 11.4. The van der Waals surface area contributed by atoms with Crippen LogP contribution in [0.1, 0.15) is 12.0 Å². The van der Waals surface area contributed by atoms with Gasteiger partial charge in [-0.15, -0.1) is 0 Å². The molecule has 0 unspecified atom stereocenters. The summed E-state index contributed by atoms with van der Waals surface area (Å²) >= 11 is 0. The molecule has 1 amide bonds. The van der Waals surface area contributed by atoms with Gasteiger partial charge in [-0.2, -0.15) is 5.26 Å². The number of anilines is 1. The maximum absolute atomic E-state index is 11.7. The Morgan fingerprint density at radius 1 is 1.39 bits per heavy atom. The van der Waals surface area contributed by atoms with Crippen LogP contribution in [0.15, 0.2) is 24.3 Å². The van der Waals surface area contributed by atoms with E-state index in [4.69, 9.17) is 5.26 Å². The predicted octanol–water partition coefficient (Wildman–Crippen LogP) is 2.17. The highest BCUT2D eigenvalue weighted by Crippen LogP contribution is 2.09. The Morgan fingerprint density at radius 2 is 2.06 bits per heavy atom. The second-order valence-corrected chi connectivity index (χ2v) is 3.45. The lowest BCUT2D eigenvalue weighted by Crippen LogP contribution is -2.15. The number of benzene rings is 1. The Labute approximate surface area is 103 Å². The number of alkyl halides is 2. The summed E-state index contributed by atoms with van der Waals surface area (Å²) in [7, 11) is 0. The van der Waals surface area contributed by atoms with Gasteiger partial charge in [-0.3, -0.25) is 4.79 Å². The molecule has 4 nitrogen and oxygen atoms in total. The molecule has 1 aromatic rings. The van der Waals surface area contributed by atoms with Gasteiger partial charge >= 0.3 is 0 Å². The molecule has 0 aliphatic carbocycles. The van der Waals surface area contributed by atoms with E-state index in [-0.39, 0.29) is 18.9 Å². The topological polar surface area (TPSA) is 62.1 Å². The summed E-state index contributed by atoms with van der Waals surface area (Å²) in [6.07, 6.45) is -2.52. The van der Waals surface area contributed by atoms with Crippen molar-refractivity contribution in [2.24, 2.45) is 0 Å². The molecule has 18 heavy (non-hydrogen) atoms. The monoisotopic (exact) mass is 254 g/mol. The number of rotatable bonds is 6. The SMILES string of the molecule is N#Cc1ccc(NC(=O)CCOCC(F)F)cc1. The molecule has 0 aliphatic heterocycles. The Balaban J connectivity index is 2.29. The number of carbonyl (C=O) groups excluding carboxylic acids is 1. The predicted molar refractivity (Wildman–Crippen MR) is 61.2 cm³/mol. The molecular weight excluding hydrogens is 242 g/mol. The Morgan fingerprint density at radius 3 is 2.61 bits per heavy atom. The highest BCUT2D eigenvalue weighted by molar-refractivity contribution is 5.90. The van der Waals surface area contributed by atoms with Gasteiger partial charge in [0, 0.05) is 5.69 Å². The van der Waals surface area contributed by atoms with E-state index < -0.39 is 13.0 Å². The average Bonchev–Trinajstić information content (AvgIpc) is 2.35. The van der Waals surface area contributed by atoms with Gasteiger partial charge in [0.25, 0.3) is 6.43 Å². The molecule has 0 saturated carbocycles. The fourth-order valence-electron chi connectivity index (χ4n) is 1.19. The van der Waals surface area contributed by atoms with Crippen LogP contribution in [0.2, 0.25) is 0 Å². The minimum atomic E-state index is -2.52. The van der Waals surface area contributed by atoms with Crippen molar-refractivity contribution < 1.29 is 18.3 Å². The van der Waals surface area contributed by atoms with Crippen LogP contribution in [0.4, 0.5) is 14.5 Å². The van der Waals surface area contributed by atoms with Crippen molar-refractivity contribution in [3.8, 4) is 6.07 Å². The molecule has 0 saturated heterocycles. The first kappa shape index (κ1) is 14.1.